The summed E-state index contributed by atoms with van der Waals surface area (Å²) in [6, 6.07) is 24.8. The summed E-state index contributed by atoms with van der Waals surface area (Å²) in [6.45, 7) is 1.66. The quantitative estimate of drug-likeness (QED) is 0.497. The summed E-state index contributed by atoms with van der Waals surface area (Å²) < 4.78 is 27.3. The molecule has 0 saturated carbocycles. The normalized spacial score (nSPS) is 15.9. The largest absolute Gasteiger partial charge is 0.388 e. The van der Waals surface area contributed by atoms with E-state index in [2.05, 4.69) is 10.2 Å². The van der Waals surface area contributed by atoms with Crippen molar-refractivity contribution in [2.24, 2.45) is 5.92 Å². The second kappa shape index (κ2) is 11.0. The number of para-hydroxylation sites is 1. The maximum Gasteiger partial charge on any atom is 0.264 e. The number of benzene rings is 3. The second-order valence-corrected chi connectivity index (χ2v) is 10.8. The third-order valence-electron chi connectivity index (χ3n) is 6.48. The van der Waals surface area contributed by atoms with E-state index in [0.29, 0.717) is 11.4 Å². The van der Waals surface area contributed by atoms with Crippen LogP contribution in [0.3, 0.4) is 0 Å². The number of aliphatic hydroxyl groups is 1. The van der Waals surface area contributed by atoms with E-state index >= 15 is 0 Å². The summed E-state index contributed by atoms with van der Waals surface area (Å²) in [5, 5.41) is 13.5. The van der Waals surface area contributed by atoms with Crippen LogP contribution in [0.1, 0.15) is 24.5 Å². The third kappa shape index (κ3) is 6.08. The van der Waals surface area contributed by atoms with Gasteiger partial charge < -0.3 is 10.4 Å². The molecule has 2 N–H and O–H groups in total. The van der Waals surface area contributed by atoms with Crippen molar-refractivity contribution in [3.05, 3.63) is 90.5 Å². The number of likely N-dealkylation sites (tertiary alicyclic amines) is 1. The number of piperidine rings is 1. The van der Waals surface area contributed by atoms with Gasteiger partial charge in [-0.1, -0.05) is 54.6 Å². The van der Waals surface area contributed by atoms with Crippen LogP contribution in [-0.4, -0.2) is 51.0 Å². The highest BCUT2D eigenvalue weighted by molar-refractivity contribution is 7.92. The van der Waals surface area contributed by atoms with E-state index in [0.717, 1.165) is 31.5 Å². The first-order chi connectivity index (χ1) is 16.8. The molecule has 0 aromatic heterocycles. The van der Waals surface area contributed by atoms with Crippen LogP contribution in [0.2, 0.25) is 0 Å². The highest BCUT2D eigenvalue weighted by Crippen LogP contribution is 2.30. The second-order valence-electron chi connectivity index (χ2n) is 8.85. The van der Waals surface area contributed by atoms with Gasteiger partial charge in [-0.3, -0.25) is 14.0 Å². The fourth-order valence-corrected chi connectivity index (χ4v) is 5.66. The van der Waals surface area contributed by atoms with Crippen molar-refractivity contribution in [3.63, 3.8) is 0 Å². The lowest BCUT2D eigenvalue weighted by atomic mass is 9.87. The van der Waals surface area contributed by atoms with E-state index in [1.54, 1.807) is 36.4 Å². The summed E-state index contributed by atoms with van der Waals surface area (Å²) in [6.07, 6.45) is 1.12. The molecule has 1 amide bonds. The number of carbonyl (C=O) groups excluding carboxylic acids is 1. The zero-order valence-corrected chi connectivity index (χ0v) is 20.6. The van der Waals surface area contributed by atoms with E-state index in [-0.39, 0.29) is 23.3 Å². The van der Waals surface area contributed by atoms with Crippen molar-refractivity contribution in [3.8, 4) is 0 Å². The highest BCUT2D eigenvalue weighted by Gasteiger charge is 2.27. The van der Waals surface area contributed by atoms with Crippen molar-refractivity contribution in [1.29, 1.82) is 0 Å². The van der Waals surface area contributed by atoms with Crippen LogP contribution in [0.4, 0.5) is 11.4 Å². The smallest absolute Gasteiger partial charge is 0.264 e. The Morgan fingerprint density at radius 2 is 1.63 bits per heavy atom. The molecule has 1 fully saturated rings. The molecule has 1 atom stereocenters. The monoisotopic (exact) mass is 493 g/mol. The molecule has 1 aliphatic rings. The SMILES string of the molecule is CN(c1ccccc1)S(=O)(=O)c1cccc(NC(=O)CN2CCC(C(O)c3ccccc3)CC2)c1. The Morgan fingerprint density at radius 3 is 2.29 bits per heavy atom. The van der Waals surface area contributed by atoms with Gasteiger partial charge in [0, 0.05) is 12.7 Å². The lowest BCUT2D eigenvalue weighted by Gasteiger charge is -2.34. The Bertz CT molecular complexity index is 1230. The molecule has 0 spiro atoms. The van der Waals surface area contributed by atoms with E-state index in [1.165, 1.54) is 23.5 Å². The van der Waals surface area contributed by atoms with Crippen molar-refractivity contribution in [2.45, 2.75) is 23.8 Å². The average molecular weight is 494 g/mol. The van der Waals surface area contributed by atoms with E-state index in [9.17, 15) is 18.3 Å². The standard InChI is InChI=1S/C27H31N3O4S/c1-29(24-12-6-3-7-13-24)35(33,34)25-14-8-11-23(19-25)28-26(31)20-30-17-15-22(16-18-30)27(32)21-9-4-2-5-10-21/h2-14,19,22,27,32H,15-18,20H2,1H3,(H,28,31). The van der Waals surface area contributed by atoms with Crippen LogP contribution in [0.5, 0.6) is 0 Å². The van der Waals surface area contributed by atoms with Crippen molar-refractivity contribution in [1.82, 2.24) is 4.90 Å². The van der Waals surface area contributed by atoms with E-state index < -0.39 is 16.1 Å². The first kappa shape index (κ1) is 24.9. The Hall–Kier alpha value is -3.20. The summed E-state index contributed by atoms with van der Waals surface area (Å²) >= 11 is 0. The molecule has 8 heteroatoms. The van der Waals surface area contributed by atoms with Gasteiger partial charge in [0.15, 0.2) is 0 Å². The lowest BCUT2D eigenvalue weighted by Crippen LogP contribution is -2.40. The Labute approximate surface area is 207 Å². The number of rotatable bonds is 8. The number of aliphatic hydroxyl groups excluding tert-OH is 1. The van der Waals surface area contributed by atoms with Gasteiger partial charge in [-0.05, 0) is 67.7 Å². The molecule has 0 radical (unpaired) electrons. The molecule has 184 valence electrons. The number of hydrogen-bond donors (Lipinski definition) is 2. The van der Waals surface area contributed by atoms with Gasteiger partial charge in [-0.2, -0.15) is 0 Å². The number of sulfonamides is 1. The summed E-state index contributed by atoms with van der Waals surface area (Å²) in [7, 11) is -2.26. The van der Waals surface area contributed by atoms with Gasteiger partial charge in [0.05, 0.1) is 23.2 Å². The number of hydrogen-bond acceptors (Lipinski definition) is 5. The average Bonchev–Trinajstić information content (AvgIpc) is 2.89. The number of nitrogens with one attached hydrogen (secondary N) is 1. The van der Waals surface area contributed by atoms with Gasteiger partial charge in [0.1, 0.15) is 0 Å². The summed E-state index contributed by atoms with van der Waals surface area (Å²) in [5.74, 6) is -0.0294. The van der Waals surface area contributed by atoms with Gasteiger partial charge in [0.25, 0.3) is 10.0 Å². The van der Waals surface area contributed by atoms with Crippen LogP contribution in [0.15, 0.2) is 89.8 Å². The fraction of sp³-hybridized carbons (Fsp3) is 0.296. The predicted molar refractivity (Wildman–Crippen MR) is 138 cm³/mol. The van der Waals surface area contributed by atoms with E-state index in [4.69, 9.17) is 0 Å². The molecule has 3 aromatic rings. The minimum Gasteiger partial charge on any atom is -0.388 e. The topological polar surface area (TPSA) is 90.0 Å². The Kier molecular flexibility index (Phi) is 7.85. The van der Waals surface area contributed by atoms with Crippen LogP contribution >= 0.6 is 0 Å². The molecule has 0 bridgehead atoms. The van der Waals surface area contributed by atoms with E-state index in [1.807, 2.05) is 36.4 Å². The van der Waals surface area contributed by atoms with Crippen molar-refractivity contribution in [2.75, 3.05) is 36.3 Å². The van der Waals surface area contributed by atoms with Gasteiger partial charge in [0.2, 0.25) is 5.91 Å². The zero-order valence-electron chi connectivity index (χ0n) is 19.7. The molecule has 0 aliphatic carbocycles. The molecule has 3 aromatic carbocycles. The number of amides is 1. The zero-order chi connectivity index (χ0) is 24.8. The lowest BCUT2D eigenvalue weighted by molar-refractivity contribution is -0.117. The molecule has 1 heterocycles. The molecular weight excluding hydrogens is 462 g/mol. The van der Waals surface area contributed by atoms with Crippen molar-refractivity contribution >= 4 is 27.3 Å². The molecular formula is C27H31N3O4S. The minimum absolute atomic E-state index is 0.109. The Morgan fingerprint density at radius 1 is 1.00 bits per heavy atom. The maximum absolute atomic E-state index is 13.1. The van der Waals surface area contributed by atoms with Crippen LogP contribution < -0.4 is 9.62 Å². The summed E-state index contributed by atoms with van der Waals surface area (Å²) in [4.78, 5) is 14.8. The molecule has 1 aliphatic heterocycles. The first-order valence-electron chi connectivity index (χ1n) is 11.7. The van der Waals surface area contributed by atoms with Crippen LogP contribution in [0.25, 0.3) is 0 Å². The third-order valence-corrected chi connectivity index (χ3v) is 8.26. The Balaban J connectivity index is 1.33. The molecule has 4 rings (SSSR count). The minimum atomic E-state index is -3.77. The molecule has 1 unspecified atom stereocenters. The predicted octanol–water partition coefficient (Wildman–Crippen LogP) is 3.90. The maximum atomic E-state index is 13.1. The van der Waals surface area contributed by atoms with Crippen LogP contribution in [-0.2, 0) is 14.8 Å². The number of carbonyl (C=O) groups is 1. The molecule has 35 heavy (non-hydrogen) atoms. The van der Waals surface area contributed by atoms with Crippen molar-refractivity contribution < 1.29 is 18.3 Å². The van der Waals surface area contributed by atoms with Gasteiger partial charge in [-0.25, -0.2) is 8.42 Å². The van der Waals surface area contributed by atoms with Gasteiger partial charge >= 0.3 is 0 Å². The highest BCUT2D eigenvalue weighted by atomic mass is 32.2. The van der Waals surface area contributed by atoms with Gasteiger partial charge in [-0.15, -0.1) is 0 Å². The fourth-order valence-electron chi connectivity index (χ4n) is 4.42. The first-order valence-corrected chi connectivity index (χ1v) is 13.2. The number of anilines is 2. The summed E-state index contributed by atoms with van der Waals surface area (Å²) in [5.41, 5.74) is 1.92. The molecule has 7 nitrogen and oxygen atoms in total. The molecule has 1 saturated heterocycles. The number of nitrogens with zero attached hydrogens (tertiary/aromatic N) is 2. The van der Waals surface area contributed by atoms with Crippen LogP contribution in [0, 0.1) is 5.92 Å².